The Hall–Kier alpha value is -3.75. The fourth-order valence-electron chi connectivity index (χ4n) is 2.29. The van der Waals surface area contributed by atoms with Crippen LogP contribution in [0.3, 0.4) is 0 Å². The van der Waals surface area contributed by atoms with E-state index in [9.17, 15) is 20.0 Å². The maximum absolute atomic E-state index is 12.4. The van der Waals surface area contributed by atoms with Gasteiger partial charge in [0, 0.05) is 18.0 Å². The van der Waals surface area contributed by atoms with Crippen LogP contribution in [-0.2, 0) is 0 Å². The zero-order chi connectivity index (χ0) is 18.0. The lowest BCUT2D eigenvalue weighted by Gasteiger charge is -2.06. The van der Waals surface area contributed by atoms with Crippen molar-refractivity contribution >= 4 is 17.3 Å². The van der Waals surface area contributed by atoms with Crippen molar-refractivity contribution in [2.45, 2.75) is 6.92 Å². The van der Waals surface area contributed by atoms with Gasteiger partial charge in [-0.1, -0.05) is 6.07 Å². The number of phenolic OH excluding ortho intramolecular Hbond substituents is 1. The molecule has 0 aliphatic carbocycles. The molecule has 1 aromatic carbocycles. The van der Waals surface area contributed by atoms with E-state index in [0.29, 0.717) is 17.1 Å². The van der Waals surface area contributed by atoms with Gasteiger partial charge < -0.3 is 10.4 Å². The second kappa shape index (κ2) is 6.40. The Morgan fingerprint density at radius 1 is 1.32 bits per heavy atom. The Morgan fingerprint density at radius 3 is 2.80 bits per heavy atom. The van der Waals surface area contributed by atoms with E-state index in [4.69, 9.17) is 0 Å². The number of carbonyl (C=O) groups excluding carboxylic acids is 1. The predicted molar refractivity (Wildman–Crippen MR) is 88.8 cm³/mol. The van der Waals surface area contributed by atoms with Gasteiger partial charge in [0.15, 0.2) is 11.6 Å². The van der Waals surface area contributed by atoms with E-state index in [1.165, 1.54) is 16.9 Å². The Balaban J connectivity index is 1.87. The summed E-state index contributed by atoms with van der Waals surface area (Å²) in [6.45, 7) is 1.72. The van der Waals surface area contributed by atoms with Crippen LogP contribution in [0.15, 0.2) is 48.8 Å². The Labute approximate surface area is 141 Å². The van der Waals surface area contributed by atoms with Crippen LogP contribution in [0.25, 0.3) is 5.82 Å². The van der Waals surface area contributed by atoms with E-state index in [2.05, 4.69) is 15.4 Å². The maximum atomic E-state index is 12.4. The summed E-state index contributed by atoms with van der Waals surface area (Å²) < 4.78 is 1.52. The number of carbonyl (C=O) groups is 1. The first-order valence-corrected chi connectivity index (χ1v) is 7.22. The van der Waals surface area contributed by atoms with Crippen molar-refractivity contribution in [1.82, 2.24) is 14.8 Å². The topological polar surface area (TPSA) is 123 Å². The van der Waals surface area contributed by atoms with E-state index in [1.54, 1.807) is 31.3 Å². The third-order valence-corrected chi connectivity index (χ3v) is 3.55. The standard InChI is InChI=1S/C16H13N5O4/c1-10-12(9-18-20(10)15-4-2-3-7-17-15)16(23)19-11-5-6-14(22)13(8-11)21(24)25/h2-9,22H,1H3,(H,19,23). The van der Waals surface area contributed by atoms with E-state index < -0.39 is 22.3 Å². The van der Waals surface area contributed by atoms with Crippen LogP contribution in [0.1, 0.15) is 16.1 Å². The van der Waals surface area contributed by atoms with E-state index >= 15 is 0 Å². The third-order valence-electron chi connectivity index (χ3n) is 3.55. The average molecular weight is 339 g/mol. The van der Waals surface area contributed by atoms with Gasteiger partial charge in [-0.3, -0.25) is 14.9 Å². The normalized spacial score (nSPS) is 10.4. The Morgan fingerprint density at radius 2 is 2.12 bits per heavy atom. The van der Waals surface area contributed by atoms with Crippen LogP contribution >= 0.6 is 0 Å². The second-order valence-electron chi connectivity index (χ2n) is 5.16. The fraction of sp³-hybridized carbons (Fsp3) is 0.0625. The number of pyridine rings is 1. The number of rotatable bonds is 4. The fourth-order valence-corrected chi connectivity index (χ4v) is 2.29. The van der Waals surface area contributed by atoms with Gasteiger partial charge in [-0.2, -0.15) is 5.10 Å². The summed E-state index contributed by atoms with van der Waals surface area (Å²) in [7, 11) is 0. The van der Waals surface area contributed by atoms with Gasteiger partial charge in [-0.05, 0) is 31.2 Å². The van der Waals surface area contributed by atoms with Crippen molar-refractivity contribution in [3.8, 4) is 11.6 Å². The largest absolute Gasteiger partial charge is 0.502 e. The number of phenols is 1. The number of hydrogen-bond donors (Lipinski definition) is 2. The van der Waals surface area contributed by atoms with Gasteiger partial charge in [-0.25, -0.2) is 9.67 Å². The van der Waals surface area contributed by atoms with Gasteiger partial charge >= 0.3 is 5.69 Å². The van der Waals surface area contributed by atoms with Crippen molar-refractivity contribution in [2.24, 2.45) is 0 Å². The van der Waals surface area contributed by atoms with Crippen molar-refractivity contribution in [1.29, 1.82) is 0 Å². The summed E-state index contributed by atoms with van der Waals surface area (Å²) >= 11 is 0. The molecule has 2 heterocycles. The van der Waals surface area contributed by atoms with Gasteiger partial charge in [0.25, 0.3) is 5.91 Å². The van der Waals surface area contributed by atoms with Crippen LogP contribution in [0.4, 0.5) is 11.4 Å². The molecule has 126 valence electrons. The molecule has 2 aromatic heterocycles. The van der Waals surface area contributed by atoms with Crippen LogP contribution in [0, 0.1) is 17.0 Å². The monoisotopic (exact) mass is 339 g/mol. The average Bonchev–Trinajstić information content (AvgIpc) is 2.98. The van der Waals surface area contributed by atoms with Crippen LogP contribution in [-0.4, -0.2) is 30.7 Å². The van der Waals surface area contributed by atoms with E-state index in [-0.39, 0.29) is 5.69 Å². The van der Waals surface area contributed by atoms with Crippen molar-refractivity contribution in [3.63, 3.8) is 0 Å². The number of anilines is 1. The molecule has 0 fully saturated rings. The van der Waals surface area contributed by atoms with Crippen LogP contribution in [0.2, 0.25) is 0 Å². The van der Waals surface area contributed by atoms with E-state index in [1.807, 2.05) is 0 Å². The molecule has 9 nitrogen and oxygen atoms in total. The highest BCUT2D eigenvalue weighted by molar-refractivity contribution is 6.05. The SMILES string of the molecule is Cc1c(C(=O)Nc2ccc(O)c([N+](=O)[O-])c2)cnn1-c1ccccn1. The molecule has 1 amide bonds. The highest BCUT2D eigenvalue weighted by atomic mass is 16.6. The molecule has 0 radical (unpaired) electrons. The summed E-state index contributed by atoms with van der Waals surface area (Å²) in [6, 6.07) is 8.94. The predicted octanol–water partition coefficient (Wildman–Crippen LogP) is 2.44. The molecule has 2 N–H and O–H groups in total. The summed E-state index contributed by atoms with van der Waals surface area (Å²) in [5, 5.41) is 27.0. The minimum Gasteiger partial charge on any atom is -0.502 e. The third kappa shape index (κ3) is 3.15. The highest BCUT2D eigenvalue weighted by Crippen LogP contribution is 2.28. The Bertz CT molecular complexity index is 952. The van der Waals surface area contributed by atoms with Gasteiger partial charge in [0.05, 0.1) is 22.4 Å². The minimum absolute atomic E-state index is 0.194. The minimum atomic E-state index is -0.727. The smallest absolute Gasteiger partial charge is 0.312 e. The Kier molecular flexibility index (Phi) is 4.12. The summed E-state index contributed by atoms with van der Waals surface area (Å²) in [4.78, 5) is 26.7. The number of nitrogens with zero attached hydrogens (tertiary/aromatic N) is 4. The van der Waals surface area contributed by atoms with Gasteiger partial charge in [-0.15, -0.1) is 0 Å². The summed E-state index contributed by atoms with van der Waals surface area (Å²) in [6.07, 6.45) is 3.01. The number of benzene rings is 1. The molecular weight excluding hydrogens is 326 g/mol. The molecule has 3 rings (SSSR count). The molecule has 0 saturated heterocycles. The van der Waals surface area contributed by atoms with E-state index in [0.717, 1.165) is 12.1 Å². The van der Waals surface area contributed by atoms with Crippen molar-refractivity contribution in [2.75, 3.05) is 5.32 Å². The molecule has 0 aliphatic heterocycles. The molecular formula is C16H13N5O4. The van der Waals surface area contributed by atoms with Gasteiger partial charge in [0.2, 0.25) is 0 Å². The number of hydrogen-bond acceptors (Lipinski definition) is 6. The number of nitro groups is 1. The van der Waals surface area contributed by atoms with Crippen LogP contribution in [0.5, 0.6) is 5.75 Å². The summed E-state index contributed by atoms with van der Waals surface area (Å²) in [5.74, 6) is -0.374. The lowest BCUT2D eigenvalue weighted by atomic mass is 10.2. The van der Waals surface area contributed by atoms with Crippen molar-refractivity contribution in [3.05, 3.63) is 70.2 Å². The summed E-state index contributed by atoms with van der Waals surface area (Å²) in [5.41, 5.74) is 0.587. The van der Waals surface area contributed by atoms with Gasteiger partial charge in [0.1, 0.15) is 0 Å². The number of nitro benzene ring substituents is 1. The second-order valence-corrected chi connectivity index (χ2v) is 5.16. The lowest BCUT2D eigenvalue weighted by Crippen LogP contribution is -2.13. The first-order valence-electron chi connectivity index (χ1n) is 7.22. The lowest BCUT2D eigenvalue weighted by molar-refractivity contribution is -0.385. The quantitative estimate of drug-likeness (QED) is 0.427. The molecule has 0 bridgehead atoms. The van der Waals surface area contributed by atoms with Crippen LogP contribution < -0.4 is 5.32 Å². The number of amides is 1. The molecule has 9 heteroatoms. The zero-order valence-corrected chi connectivity index (χ0v) is 13.1. The molecule has 0 saturated carbocycles. The first kappa shape index (κ1) is 16.1. The highest BCUT2D eigenvalue weighted by Gasteiger charge is 2.18. The molecule has 0 atom stereocenters. The molecule has 0 aliphatic rings. The number of nitrogens with one attached hydrogen (secondary N) is 1. The maximum Gasteiger partial charge on any atom is 0.312 e. The first-order chi connectivity index (χ1) is 12.0. The number of aromatic nitrogens is 3. The zero-order valence-electron chi connectivity index (χ0n) is 13.1. The van der Waals surface area contributed by atoms with Crippen molar-refractivity contribution < 1.29 is 14.8 Å². The molecule has 0 spiro atoms. The number of aromatic hydroxyl groups is 1. The molecule has 0 unspecified atom stereocenters. The molecule has 3 aromatic rings. The molecule has 25 heavy (non-hydrogen) atoms.